The second kappa shape index (κ2) is 5.27. The highest BCUT2D eigenvalue weighted by atomic mass is 19.1. The third-order valence-electron chi connectivity index (χ3n) is 3.31. The highest BCUT2D eigenvalue weighted by molar-refractivity contribution is 5.73. The fourth-order valence-electron chi connectivity index (χ4n) is 2.40. The van der Waals surface area contributed by atoms with Gasteiger partial charge in [0, 0.05) is 12.6 Å². The van der Waals surface area contributed by atoms with E-state index in [1.165, 1.54) is 0 Å². The Hall–Kier alpha value is -1.42. The second-order valence-electron chi connectivity index (χ2n) is 4.40. The van der Waals surface area contributed by atoms with Gasteiger partial charge in [0.15, 0.2) is 0 Å². The third-order valence-corrected chi connectivity index (χ3v) is 3.31. The molecule has 0 aliphatic carbocycles. The fraction of sp³-hybridized carbons (Fsp3) is 0.462. The number of rotatable bonds is 4. The summed E-state index contributed by atoms with van der Waals surface area (Å²) in [5.41, 5.74) is 1.03. The van der Waals surface area contributed by atoms with Crippen molar-refractivity contribution in [2.45, 2.75) is 31.5 Å². The lowest BCUT2D eigenvalue weighted by atomic mass is 10.2. The number of carboxylic acids is 1. The van der Waals surface area contributed by atoms with Crippen molar-refractivity contribution >= 4 is 5.97 Å². The van der Waals surface area contributed by atoms with E-state index in [1.807, 2.05) is 30.3 Å². The van der Waals surface area contributed by atoms with Crippen LogP contribution in [0.2, 0.25) is 0 Å². The molecule has 1 fully saturated rings. The molecule has 1 saturated heterocycles. The summed E-state index contributed by atoms with van der Waals surface area (Å²) in [6.45, 7) is 0.0308. The van der Waals surface area contributed by atoms with Gasteiger partial charge in [0.2, 0.25) is 0 Å². The Kier molecular flexibility index (Phi) is 3.74. The number of alkyl halides is 1. The minimum Gasteiger partial charge on any atom is -0.480 e. The first-order valence-electron chi connectivity index (χ1n) is 5.81. The van der Waals surface area contributed by atoms with Crippen molar-refractivity contribution in [2.75, 3.05) is 6.67 Å². The number of carboxylic acid groups (broad SMARTS) is 1. The Morgan fingerprint density at radius 2 is 2.06 bits per heavy atom. The molecule has 0 radical (unpaired) electrons. The van der Waals surface area contributed by atoms with E-state index in [-0.39, 0.29) is 6.04 Å². The zero-order chi connectivity index (χ0) is 12.3. The van der Waals surface area contributed by atoms with Gasteiger partial charge in [0.05, 0.1) is 0 Å². The van der Waals surface area contributed by atoms with Gasteiger partial charge in [-0.1, -0.05) is 30.3 Å². The lowest BCUT2D eigenvalue weighted by molar-refractivity contribution is -0.142. The lowest BCUT2D eigenvalue weighted by Gasteiger charge is -2.26. The van der Waals surface area contributed by atoms with Crippen LogP contribution in [0.15, 0.2) is 30.3 Å². The molecule has 1 heterocycles. The van der Waals surface area contributed by atoms with Crippen LogP contribution in [0, 0.1) is 0 Å². The molecule has 17 heavy (non-hydrogen) atoms. The first-order chi connectivity index (χ1) is 8.22. The van der Waals surface area contributed by atoms with E-state index in [1.54, 1.807) is 4.90 Å². The van der Waals surface area contributed by atoms with Crippen LogP contribution in [0.5, 0.6) is 0 Å². The average molecular weight is 237 g/mol. The normalized spacial score (nSPS) is 25.0. The zero-order valence-electron chi connectivity index (χ0n) is 9.55. The largest absolute Gasteiger partial charge is 0.480 e. The van der Waals surface area contributed by atoms with Gasteiger partial charge in [-0.05, 0) is 18.4 Å². The molecule has 0 bridgehead atoms. The van der Waals surface area contributed by atoms with Crippen molar-refractivity contribution < 1.29 is 14.3 Å². The third kappa shape index (κ3) is 2.64. The Morgan fingerprint density at radius 1 is 1.35 bits per heavy atom. The number of hydrogen-bond acceptors (Lipinski definition) is 2. The molecule has 4 heteroatoms. The first-order valence-corrected chi connectivity index (χ1v) is 5.81. The molecule has 1 aliphatic rings. The second-order valence-corrected chi connectivity index (χ2v) is 4.40. The van der Waals surface area contributed by atoms with Crippen molar-refractivity contribution in [3.05, 3.63) is 35.9 Å². The minimum atomic E-state index is -0.850. The molecular formula is C13H16FNO2. The number of carbonyl (C=O) groups is 1. The SMILES string of the molecule is O=C(O)C1CCC(CF)N1Cc1ccccc1. The standard InChI is InChI=1S/C13H16FNO2/c14-8-11-6-7-12(13(16)17)15(11)9-10-4-2-1-3-5-10/h1-5,11-12H,6-9H2,(H,16,17). The predicted molar refractivity (Wildman–Crippen MR) is 62.4 cm³/mol. The minimum absolute atomic E-state index is 0.253. The van der Waals surface area contributed by atoms with Crippen LogP contribution in [-0.4, -0.2) is 34.7 Å². The Labute approximate surface area is 99.9 Å². The molecule has 1 N–H and O–H groups in total. The smallest absolute Gasteiger partial charge is 0.320 e. The summed E-state index contributed by atoms with van der Waals surface area (Å²) >= 11 is 0. The Morgan fingerprint density at radius 3 is 2.65 bits per heavy atom. The summed E-state index contributed by atoms with van der Waals surface area (Å²) in [5.74, 6) is -0.850. The summed E-state index contributed by atoms with van der Waals surface area (Å²) in [6, 6.07) is 8.80. The highest BCUT2D eigenvalue weighted by Crippen LogP contribution is 2.26. The zero-order valence-corrected chi connectivity index (χ0v) is 9.55. The molecule has 0 spiro atoms. The predicted octanol–water partition coefficient (Wildman–Crippen LogP) is 2.07. The van der Waals surface area contributed by atoms with Crippen LogP contribution in [0.25, 0.3) is 0 Å². The first kappa shape index (κ1) is 12.0. The van der Waals surface area contributed by atoms with Gasteiger partial charge in [-0.15, -0.1) is 0 Å². The number of aliphatic carboxylic acids is 1. The van der Waals surface area contributed by atoms with Crippen molar-refractivity contribution in [3.63, 3.8) is 0 Å². The van der Waals surface area contributed by atoms with Gasteiger partial charge in [-0.25, -0.2) is 4.39 Å². The summed E-state index contributed by atoms with van der Waals surface area (Å²) in [5, 5.41) is 9.11. The molecule has 2 rings (SSSR count). The molecule has 2 unspecified atom stereocenters. The fourth-order valence-corrected chi connectivity index (χ4v) is 2.40. The van der Waals surface area contributed by atoms with Crippen LogP contribution < -0.4 is 0 Å². The molecule has 0 aromatic heterocycles. The van der Waals surface area contributed by atoms with Crippen LogP contribution in [0.3, 0.4) is 0 Å². The Balaban J connectivity index is 2.12. The molecule has 1 aliphatic heterocycles. The van der Waals surface area contributed by atoms with E-state index >= 15 is 0 Å². The van der Waals surface area contributed by atoms with E-state index in [9.17, 15) is 9.18 Å². The summed E-state index contributed by atoms with van der Waals surface area (Å²) in [4.78, 5) is 12.9. The van der Waals surface area contributed by atoms with Gasteiger partial charge < -0.3 is 5.11 Å². The maximum Gasteiger partial charge on any atom is 0.320 e. The molecule has 3 nitrogen and oxygen atoms in total. The number of nitrogens with zero attached hydrogens (tertiary/aromatic N) is 1. The van der Waals surface area contributed by atoms with E-state index in [0.29, 0.717) is 19.4 Å². The molecule has 92 valence electrons. The number of hydrogen-bond donors (Lipinski definition) is 1. The van der Waals surface area contributed by atoms with Crippen molar-refractivity contribution in [3.8, 4) is 0 Å². The average Bonchev–Trinajstić information content (AvgIpc) is 2.73. The molecule has 2 atom stereocenters. The summed E-state index contributed by atoms with van der Waals surface area (Å²) in [7, 11) is 0. The quantitative estimate of drug-likeness (QED) is 0.871. The maximum atomic E-state index is 12.9. The van der Waals surface area contributed by atoms with Gasteiger partial charge in [-0.3, -0.25) is 9.69 Å². The van der Waals surface area contributed by atoms with Crippen molar-refractivity contribution in [2.24, 2.45) is 0 Å². The van der Waals surface area contributed by atoms with Gasteiger partial charge in [0.25, 0.3) is 0 Å². The van der Waals surface area contributed by atoms with E-state index < -0.39 is 18.7 Å². The van der Waals surface area contributed by atoms with Crippen molar-refractivity contribution in [1.82, 2.24) is 4.90 Å². The molecular weight excluding hydrogens is 221 g/mol. The number of likely N-dealkylation sites (tertiary alicyclic amines) is 1. The summed E-state index contributed by atoms with van der Waals surface area (Å²) in [6.07, 6.45) is 1.16. The Bertz CT molecular complexity index is 382. The molecule has 0 saturated carbocycles. The number of halogens is 1. The number of benzene rings is 1. The molecule has 0 amide bonds. The van der Waals surface area contributed by atoms with Crippen LogP contribution in [0.1, 0.15) is 18.4 Å². The van der Waals surface area contributed by atoms with Crippen LogP contribution in [-0.2, 0) is 11.3 Å². The molecule has 1 aromatic carbocycles. The van der Waals surface area contributed by atoms with Gasteiger partial charge >= 0.3 is 5.97 Å². The van der Waals surface area contributed by atoms with Crippen molar-refractivity contribution in [1.29, 1.82) is 0 Å². The topological polar surface area (TPSA) is 40.5 Å². The van der Waals surface area contributed by atoms with E-state index in [4.69, 9.17) is 5.11 Å². The molecule has 1 aromatic rings. The van der Waals surface area contributed by atoms with E-state index in [2.05, 4.69) is 0 Å². The monoisotopic (exact) mass is 237 g/mol. The lowest BCUT2D eigenvalue weighted by Crippen LogP contribution is -2.41. The van der Waals surface area contributed by atoms with E-state index in [0.717, 1.165) is 5.56 Å². The van der Waals surface area contributed by atoms with Gasteiger partial charge in [0.1, 0.15) is 12.7 Å². The highest BCUT2D eigenvalue weighted by Gasteiger charge is 2.37. The van der Waals surface area contributed by atoms with Crippen LogP contribution >= 0.6 is 0 Å². The maximum absolute atomic E-state index is 12.9. The summed E-state index contributed by atoms with van der Waals surface area (Å²) < 4.78 is 12.9. The van der Waals surface area contributed by atoms with Crippen LogP contribution in [0.4, 0.5) is 4.39 Å². The van der Waals surface area contributed by atoms with Gasteiger partial charge in [-0.2, -0.15) is 0 Å².